The maximum absolute atomic E-state index is 14.1. The first-order chi connectivity index (χ1) is 14.7. The smallest absolute Gasteiger partial charge is 0.458 e. The number of hydrogen-bond acceptors (Lipinski definition) is 4. The summed E-state index contributed by atoms with van der Waals surface area (Å²) in [6.07, 6.45) is -12.3. The quantitative estimate of drug-likeness (QED) is 0.310. The number of halogens is 13. The van der Waals surface area contributed by atoms with Crippen molar-refractivity contribution in [1.29, 1.82) is 0 Å². The monoisotopic (exact) mass is 535 g/mol. The van der Waals surface area contributed by atoms with Gasteiger partial charge < -0.3 is 14.8 Å². The van der Waals surface area contributed by atoms with Gasteiger partial charge in [-0.3, -0.25) is 0 Å². The summed E-state index contributed by atoms with van der Waals surface area (Å²) in [7, 11) is 0. The minimum absolute atomic E-state index is 0.504. The number of amides is 1. The molecule has 1 unspecified atom stereocenters. The minimum atomic E-state index is -8.08. The molecular weight excluding hydrogens is 517 g/mol. The lowest BCUT2D eigenvalue weighted by Gasteiger charge is -2.40. The van der Waals surface area contributed by atoms with Crippen LogP contribution in [0.5, 0.6) is 0 Å². The van der Waals surface area contributed by atoms with E-state index in [4.69, 9.17) is 0 Å². The zero-order chi connectivity index (χ0) is 27.8. The van der Waals surface area contributed by atoms with E-state index < -0.39 is 72.5 Å². The average Bonchev–Trinajstić information content (AvgIpc) is 2.57. The van der Waals surface area contributed by atoms with Crippen LogP contribution in [-0.2, 0) is 14.3 Å². The lowest BCUT2D eigenvalue weighted by Crippen LogP contribution is -2.70. The van der Waals surface area contributed by atoms with E-state index in [-0.39, 0.29) is 0 Å². The van der Waals surface area contributed by atoms with Crippen molar-refractivity contribution in [2.45, 2.75) is 81.5 Å². The van der Waals surface area contributed by atoms with E-state index in [2.05, 4.69) is 9.47 Å². The van der Waals surface area contributed by atoms with Crippen LogP contribution >= 0.6 is 0 Å². The first-order valence-corrected chi connectivity index (χ1v) is 8.81. The van der Waals surface area contributed by atoms with Gasteiger partial charge in [0.05, 0.1) is 6.61 Å². The molecule has 18 heteroatoms. The number of ether oxygens (including phenoxy) is 2. The molecule has 0 fully saturated rings. The van der Waals surface area contributed by atoms with E-state index >= 15 is 0 Å². The molecule has 0 aliphatic rings. The molecule has 0 aromatic heterocycles. The summed E-state index contributed by atoms with van der Waals surface area (Å²) >= 11 is 0. The second kappa shape index (κ2) is 9.47. The molecule has 0 rings (SSSR count). The fourth-order valence-corrected chi connectivity index (χ4v) is 2.07. The first-order valence-electron chi connectivity index (χ1n) is 8.81. The Bertz CT molecular complexity index is 744. The Hall–Kier alpha value is -2.17. The number of alkyl carbamates (subject to hydrolysis) is 1. The summed E-state index contributed by atoms with van der Waals surface area (Å²) in [5, 5.41) is 1.20. The zero-order valence-electron chi connectivity index (χ0n) is 17.5. The Morgan fingerprint density at radius 1 is 0.735 bits per heavy atom. The van der Waals surface area contributed by atoms with Crippen molar-refractivity contribution in [3.63, 3.8) is 0 Å². The van der Waals surface area contributed by atoms with Gasteiger partial charge in [0.25, 0.3) is 0 Å². The zero-order valence-corrected chi connectivity index (χ0v) is 17.5. The predicted octanol–water partition coefficient (Wildman–Crippen LogP) is 5.57. The maximum Gasteiger partial charge on any atom is 0.460 e. The van der Waals surface area contributed by atoms with Gasteiger partial charge >= 0.3 is 47.9 Å². The third kappa shape index (κ3) is 6.09. The Balaban J connectivity index is 6.39. The van der Waals surface area contributed by atoms with Crippen LogP contribution in [0.1, 0.15) is 34.1 Å². The number of alkyl halides is 13. The fraction of sp³-hybridized carbons (Fsp3) is 0.875. The van der Waals surface area contributed by atoms with Gasteiger partial charge in [-0.25, -0.2) is 9.59 Å². The Labute approximate surface area is 182 Å². The van der Waals surface area contributed by atoms with Gasteiger partial charge in [0.1, 0.15) is 11.6 Å². The highest BCUT2D eigenvalue weighted by atomic mass is 19.4. The van der Waals surface area contributed by atoms with Crippen LogP contribution < -0.4 is 5.32 Å². The molecule has 34 heavy (non-hydrogen) atoms. The Kier molecular flexibility index (Phi) is 8.86. The lowest BCUT2D eigenvalue weighted by atomic mass is 9.91. The number of carbonyl (C=O) groups is 2. The molecule has 0 aliphatic carbocycles. The first kappa shape index (κ1) is 31.8. The van der Waals surface area contributed by atoms with Gasteiger partial charge in [-0.1, -0.05) is 0 Å². The second-order valence-corrected chi connectivity index (χ2v) is 7.65. The maximum atomic E-state index is 14.1. The molecule has 1 atom stereocenters. The van der Waals surface area contributed by atoms with Crippen molar-refractivity contribution >= 4 is 12.1 Å². The van der Waals surface area contributed by atoms with Crippen LogP contribution in [0, 0.1) is 0 Å². The number of nitrogens with one attached hydrogen (secondary N) is 1. The molecule has 1 amide bonds. The summed E-state index contributed by atoms with van der Waals surface area (Å²) < 4.78 is 181. The van der Waals surface area contributed by atoms with Gasteiger partial charge in [-0.05, 0) is 27.7 Å². The van der Waals surface area contributed by atoms with E-state index in [1.807, 2.05) is 0 Å². The number of hydrogen-bond donors (Lipinski definition) is 1. The number of rotatable bonds is 9. The third-order valence-electron chi connectivity index (χ3n) is 3.72. The minimum Gasteiger partial charge on any atom is -0.458 e. The molecule has 202 valence electrons. The summed E-state index contributed by atoms with van der Waals surface area (Å²) in [6.45, 7) is 3.90. The van der Waals surface area contributed by atoms with Crippen LogP contribution in [0.3, 0.4) is 0 Å². The van der Waals surface area contributed by atoms with Crippen LogP contribution in [-0.4, -0.2) is 66.1 Å². The molecule has 0 radical (unpaired) electrons. The highest BCUT2D eigenvalue weighted by molar-refractivity contribution is 5.81. The normalized spacial score (nSPS) is 15.6. The average molecular weight is 535 g/mol. The highest BCUT2D eigenvalue weighted by Gasteiger charge is 2.90. The Morgan fingerprint density at radius 2 is 1.15 bits per heavy atom. The number of carbonyl (C=O) groups excluding carboxylic acids is 2. The lowest BCUT2D eigenvalue weighted by molar-refractivity contribution is -0.440. The van der Waals surface area contributed by atoms with Crippen molar-refractivity contribution in [2.75, 3.05) is 6.61 Å². The summed E-state index contributed by atoms with van der Waals surface area (Å²) in [6, 6.07) is -3.02. The molecular formula is C16H18F13NO4. The molecule has 0 aliphatic heterocycles. The van der Waals surface area contributed by atoms with Gasteiger partial charge in [0.2, 0.25) is 0 Å². The molecule has 0 saturated heterocycles. The van der Waals surface area contributed by atoms with Crippen molar-refractivity contribution in [3.05, 3.63) is 0 Å². The molecule has 5 nitrogen and oxygen atoms in total. The van der Waals surface area contributed by atoms with E-state index in [0.29, 0.717) is 0 Å². The van der Waals surface area contributed by atoms with Crippen molar-refractivity contribution < 1.29 is 76.1 Å². The molecule has 0 saturated carbocycles. The summed E-state index contributed by atoms with van der Waals surface area (Å²) in [4.78, 5) is 23.4. The standard InChI is InChI=1S/C16H18F13NO4/c1-5-33-9(32)30-7(8(31)34-10(2,3)4)6-11(17,18)12(19,20)13(21,22)14(23,24)15(25,26)16(27,28)29/h7H,5-6H2,1-4H3,(H,30,32). The molecule has 0 spiro atoms. The van der Waals surface area contributed by atoms with Crippen molar-refractivity contribution in [1.82, 2.24) is 5.32 Å². The predicted molar refractivity (Wildman–Crippen MR) is 85.2 cm³/mol. The van der Waals surface area contributed by atoms with Crippen molar-refractivity contribution in [2.24, 2.45) is 0 Å². The van der Waals surface area contributed by atoms with Gasteiger partial charge in [0, 0.05) is 6.42 Å². The molecule has 0 bridgehead atoms. The SMILES string of the molecule is CCOC(=O)NC(CC(F)(F)C(F)(F)C(F)(F)C(F)(F)C(F)(F)C(F)(F)F)C(=O)OC(C)(C)C. The topological polar surface area (TPSA) is 64.6 Å². The van der Waals surface area contributed by atoms with Gasteiger partial charge in [-0.15, -0.1) is 0 Å². The van der Waals surface area contributed by atoms with Crippen LogP contribution in [0.4, 0.5) is 61.9 Å². The highest BCUT2D eigenvalue weighted by Crippen LogP contribution is 2.60. The largest absolute Gasteiger partial charge is 0.460 e. The fourth-order valence-electron chi connectivity index (χ4n) is 2.07. The summed E-state index contributed by atoms with van der Waals surface area (Å²) in [5.74, 6) is -40.2. The van der Waals surface area contributed by atoms with E-state index in [0.717, 1.165) is 27.7 Å². The van der Waals surface area contributed by atoms with E-state index in [1.54, 1.807) is 0 Å². The molecule has 1 N–H and O–H groups in total. The second-order valence-electron chi connectivity index (χ2n) is 7.65. The molecule has 0 heterocycles. The Morgan fingerprint density at radius 3 is 1.50 bits per heavy atom. The van der Waals surface area contributed by atoms with Crippen molar-refractivity contribution in [3.8, 4) is 0 Å². The van der Waals surface area contributed by atoms with Crippen LogP contribution in [0.25, 0.3) is 0 Å². The number of esters is 1. The summed E-state index contributed by atoms with van der Waals surface area (Å²) in [5.41, 5.74) is -1.57. The van der Waals surface area contributed by atoms with E-state index in [1.165, 1.54) is 5.32 Å². The van der Waals surface area contributed by atoms with Gasteiger partial charge in [-0.2, -0.15) is 57.1 Å². The van der Waals surface area contributed by atoms with Crippen LogP contribution in [0.2, 0.25) is 0 Å². The van der Waals surface area contributed by atoms with E-state index in [9.17, 15) is 66.7 Å². The van der Waals surface area contributed by atoms with Gasteiger partial charge in [0.15, 0.2) is 0 Å². The third-order valence-corrected chi connectivity index (χ3v) is 3.72. The molecule has 0 aromatic rings. The molecule has 0 aromatic carbocycles. The van der Waals surface area contributed by atoms with Crippen LogP contribution in [0.15, 0.2) is 0 Å².